The van der Waals surface area contributed by atoms with Crippen LogP contribution >= 0.6 is 0 Å². The van der Waals surface area contributed by atoms with Crippen LogP contribution in [-0.4, -0.2) is 32.0 Å². The minimum absolute atomic E-state index is 0.180. The van der Waals surface area contributed by atoms with E-state index >= 15 is 0 Å². The van der Waals surface area contributed by atoms with Gasteiger partial charge < -0.3 is 10.1 Å². The summed E-state index contributed by atoms with van der Waals surface area (Å²) in [7, 11) is 0. The van der Waals surface area contributed by atoms with Gasteiger partial charge in [-0.3, -0.25) is 0 Å². The minimum Gasteiger partial charge on any atom is -0.372 e. The van der Waals surface area contributed by atoms with Gasteiger partial charge in [0.2, 0.25) is 0 Å². The van der Waals surface area contributed by atoms with E-state index < -0.39 is 12.8 Å². The van der Waals surface area contributed by atoms with Crippen molar-refractivity contribution in [3.8, 4) is 0 Å². The Morgan fingerprint density at radius 1 is 1.21 bits per heavy atom. The number of rotatable bonds is 7. The molecule has 0 aliphatic heterocycles. The van der Waals surface area contributed by atoms with Gasteiger partial charge in [0.15, 0.2) is 0 Å². The van der Waals surface area contributed by atoms with E-state index in [1.807, 2.05) is 13.8 Å². The van der Waals surface area contributed by atoms with Gasteiger partial charge in [-0.25, -0.2) is 0 Å². The Kier molecular flexibility index (Phi) is 6.92. The molecule has 0 fully saturated rings. The molecule has 0 aliphatic carbocycles. The lowest BCUT2D eigenvalue weighted by molar-refractivity contribution is -0.174. The Morgan fingerprint density at radius 3 is 2.36 bits per heavy atom. The third kappa shape index (κ3) is 11.7. The molecule has 0 saturated heterocycles. The largest absolute Gasteiger partial charge is 0.411 e. The average Bonchev–Trinajstić information content (AvgIpc) is 2.00. The lowest BCUT2D eigenvalue weighted by atomic mass is 10.3. The third-order valence-corrected chi connectivity index (χ3v) is 1.53. The van der Waals surface area contributed by atoms with E-state index in [4.69, 9.17) is 0 Å². The van der Waals surface area contributed by atoms with Crippen LogP contribution in [0.2, 0.25) is 0 Å². The van der Waals surface area contributed by atoms with Crippen molar-refractivity contribution in [2.24, 2.45) is 0 Å². The number of nitrogens with one attached hydrogen (secondary N) is 1. The molecule has 0 aromatic rings. The molecule has 0 saturated carbocycles. The number of alkyl halides is 3. The second-order valence-electron chi connectivity index (χ2n) is 3.48. The first kappa shape index (κ1) is 13.7. The molecule has 0 aromatic carbocycles. The lowest BCUT2D eigenvalue weighted by Crippen LogP contribution is -2.24. The Balaban J connectivity index is 3.07. The molecule has 0 aromatic heterocycles. The van der Waals surface area contributed by atoms with Crippen molar-refractivity contribution in [3.63, 3.8) is 0 Å². The monoisotopic (exact) mass is 213 g/mol. The summed E-state index contributed by atoms with van der Waals surface area (Å²) in [6, 6.07) is 0.422. The van der Waals surface area contributed by atoms with Crippen molar-refractivity contribution in [2.75, 3.05) is 19.8 Å². The number of hydrogen-bond donors (Lipinski definition) is 1. The van der Waals surface area contributed by atoms with Gasteiger partial charge in [-0.2, -0.15) is 13.2 Å². The second-order valence-corrected chi connectivity index (χ2v) is 3.48. The van der Waals surface area contributed by atoms with Crippen molar-refractivity contribution in [1.82, 2.24) is 5.32 Å². The first-order chi connectivity index (χ1) is 6.42. The molecule has 86 valence electrons. The van der Waals surface area contributed by atoms with Crippen molar-refractivity contribution in [1.29, 1.82) is 0 Å². The molecule has 0 unspecified atom stereocenters. The maximum atomic E-state index is 11.6. The van der Waals surface area contributed by atoms with Gasteiger partial charge in [-0.15, -0.1) is 0 Å². The lowest BCUT2D eigenvalue weighted by Gasteiger charge is -2.09. The second kappa shape index (κ2) is 7.06. The summed E-state index contributed by atoms with van der Waals surface area (Å²) in [5, 5.41) is 3.17. The molecular formula is C9H18F3NO. The number of unbranched alkanes of at least 4 members (excludes halogenated alkanes) is 1. The summed E-state index contributed by atoms with van der Waals surface area (Å²) in [5.41, 5.74) is 0. The van der Waals surface area contributed by atoms with Crippen LogP contribution < -0.4 is 5.32 Å². The molecule has 0 atom stereocenters. The molecule has 1 N–H and O–H groups in total. The van der Waals surface area contributed by atoms with Gasteiger partial charge in [0.05, 0.1) is 0 Å². The molecule has 0 amide bonds. The highest BCUT2D eigenvalue weighted by molar-refractivity contribution is 4.53. The van der Waals surface area contributed by atoms with E-state index in [1.165, 1.54) is 0 Å². The van der Waals surface area contributed by atoms with E-state index in [0.29, 0.717) is 12.5 Å². The Labute approximate surface area is 82.8 Å². The van der Waals surface area contributed by atoms with E-state index in [1.54, 1.807) is 0 Å². The minimum atomic E-state index is -4.20. The van der Waals surface area contributed by atoms with Gasteiger partial charge >= 0.3 is 6.18 Å². The molecule has 0 spiro atoms. The van der Waals surface area contributed by atoms with Crippen LogP contribution in [0.1, 0.15) is 26.7 Å². The number of ether oxygens (including phenoxy) is 1. The zero-order valence-corrected chi connectivity index (χ0v) is 8.66. The maximum Gasteiger partial charge on any atom is 0.411 e. The molecule has 0 bridgehead atoms. The summed E-state index contributed by atoms with van der Waals surface area (Å²) < 4.78 is 39.3. The highest BCUT2D eigenvalue weighted by Crippen LogP contribution is 2.14. The first-order valence-electron chi connectivity index (χ1n) is 4.79. The molecule has 14 heavy (non-hydrogen) atoms. The smallest absolute Gasteiger partial charge is 0.372 e. The highest BCUT2D eigenvalue weighted by atomic mass is 19.4. The molecule has 0 radical (unpaired) electrons. The molecule has 0 heterocycles. The molecule has 2 nitrogen and oxygen atoms in total. The predicted octanol–water partition coefficient (Wildman–Crippen LogP) is 2.34. The van der Waals surface area contributed by atoms with E-state index in [9.17, 15) is 13.2 Å². The molecular weight excluding hydrogens is 195 g/mol. The molecule has 0 aliphatic rings. The standard InChI is InChI=1S/C9H18F3NO/c1-8(2)13-5-3-4-6-14-7-9(10,11)12/h8,13H,3-7H2,1-2H3. The predicted molar refractivity (Wildman–Crippen MR) is 49.2 cm³/mol. The van der Waals surface area contributed by atoms with E-state index in [-0.39, 0.29) is 6.61 Å². The SMILES string of the molecule is CC(C)NCCCCOCC(F)(F)F. The third-order valence-electron chi connectivity index (χ3n) is 1.53. The van der Waals surface area contributed by atoms with Crippen LogP contribution in [0.5, 0.6) is 0 Å². The zero-order chi connectivity index (χ0) is 11.0. The van der Waals surface area contributed by atoms with Crippen molar-refractivity contribution < 1.29 is 17.9 Å². The van der Waals surface area contributed by atoms with Gasteiger partial charge in [0.1, 0.15) is 6.61 Å². The summed E-state index contributed by atoms with van der Waals surface area (Å²) in [6.07, 6.45) is -2.69. The summed E-state index contributed by atoms with van der Waals surface area (Å²) >= 11 is 0. The quantitative estimate of drug-likeness (QED) is 0.655. The maximum absolute atomic E-state index is 11.6. The van der Waals surface area contributed by atoms with Gasteiger partial charge in [0.25, 0.3) is 0 Å². The average molecular weight is 213 g/mol. The highest BCUT2D eigenvalue weighted by Gasteiger charge is 2.26. The Morgan fingerprint density at radius 2 is 1.86 bits per heavy atom. The van der Waals surface area contributed by atoms with Crippen LogP contribution in [0.25, 0.3) is 0 Å². The van der Waals surface area contributed by atoms with E-state index in [0.717, 1.165) is 13.0 Å². The van der Waals surface area contributed by atoms with Crippen LogP contribution in [-0.2, 0) is 4.74 Å². The normalized spacial score (nSPS) is 12.4. The van der Waals surface area contributed by atoms with Crippen molar-refractivity contribution in [2.45, 2.75) is 38.9 Å². The van der Waals surface area contributed by atoms with Crippen molar-refractivity contribution in [3.05, 3.63) is 0 Å². The molecule has 0 rings (SSSR count). The van der Waals surface area contributed by atoms with E-state index in [2.05, 4.69) is 10.1 Å². The fraction of sp³-hybridized carbons (Fsp3) is 1.00. The summed E-state index contributed by atoms with van der Waals surface area (Å²) in [5.74, 6) is 0. The Bertz CT molecular complexity index is 137. The van der Waals surface area contributed by atoms with Crippen molar-refractivity contribution >= 4 is 0 Å². The van der Waals surface area contributed by atoms with Crippen LogP contribution in [0.4, 0.5) is 13.2 Å². The number of hydrogen-bond acceptors (Lipinski definition) is 2. The fourth-order valence-corrected chi connectivity index (χ4v) is 0.908. The number of halogens is 3. The van der Waals surface area contributed by atoms with Gasteiger partial charge in [-0.1, -0.05) is 13.8 Å². The summed E-state index contributed by atoms with van der Waals surface area (Å²) in [4.78, 5) is 0. The first-order valence-corrected chi connectivity index (χ1v) is 4.79. The summed E-state index contributed by atoms with van der Waals surface area (Å²) in [6.45, 7) is 3.93. The van der Waals surface area contributed by atoms with Crippen LogP contribution in [0, 0.1) is 0 Å². The van der Waals surface area contributed by atoms with Crippen LogP contribution in [0.3, 0.4) is 0 Å². The van der Waals surface area contributed by atoms with Gasteiger partial charge in [-0.05, 0) is 19.4 Å². The van der Waals surface area contributed by atoms with Crippen LogP contribution in [0.15, 0.2) is 0 Å². The topological polar surface area (TPSA) is 21.3 Å². The fourth-order valence-electron chi connectivity index (χ4n) is 0.908. The molecule has 5 heteroatoms. The van der Waals surface area contributed by atoms with Gasteiger partial charge in [0, 0.05) is 12.6 Å². The zero-order valence-electron chi connectivity index (χ0n) is 8.66. The Hall–Kier alpha value is -0.290.